The zero-order chi connectivity index (χ0) is 29.7. The van der Waals surface area contributed by atoms with Gasteiger partial charge in [-0.2, -0.15) is 0 Å². The van der Waals surface area contributed by atoms with Crippen molar-refractivity contribution < 1.29 is 23.8 Å². The number of methoxy groups -OCH3 is 3. The Kier molecular flexibility index (Phi) is 11.4. The number of aromatic amines is 1. The first-order valence-corrected chi connectivity index (χ1v) is 14.4. The monoisotopic (exact) mass is 571 g/mol. The van der Waals surface area contributed by atoms with Crippen LogP contribution in [0.15, 0.2) is 79.0 Å². The molecule has 0 saturated carbocycles. The summed E-state index contributed by atoms with van der Waals surface area (Å²) in [5.41, 5.74) is 4.23. The molecule has 2 amide bonds. The van der Waals surface area contributed by atoms with E-state index in [-0.39, 0.29) is 18.4 Å². The number of carbonyl (C=O) groups is 2. The quantitative estimate of drug-likeness (QED) is 0.186. The van der Waals surface area contributed by atoms with E-state index < -0.39 is 0 Å². The number of benzene rings is 3. The van der Waals surface area contributed by atoms with Gasteiger partial charge in [0.1, 0.15) is 0 Å². The highest BCUT2D eigenvalue weighted by molar-refractivity contribution is 5.85. The largest absolute Gasteiger partial charge is 0.493 e. The molecule has 0 unspecified atom stereocenters. The lowest BCUT2D eigenvalue weighted by Crippen LogP contribution is -2.44. The van der Waals surface area contributed by atoms with E-state index in [1.807, 2.05) is 77.8 Å². The molecule has 0 aliphatic heterocycles. The molecular formula is C34H41N3O5. The minimum absolute atomic E-state index is 0.0124. The number of rotatable bonds is 16. The summed E-state index contributed by atoms with van der Waals surface area (Å²) in [6.45, 7) is 1.87. The van der Waals surface area contributed by atoms with E-state index in [0.717, 1.165) is 27.6 Å². The van der Waals surface area contributed by atoms with Crippen molar-refractivity contribution in [3.8, 4) is 11.5 Å². The van der Waals surface area contributed by atoms with Crippen LogP contribution in [0.2, 0.25) is 0 Å². The molecule has 0 aliphatic carbocycles. The van der Waals surface area contributed by atoms with Crippen LogP contribution in [0, 0.1) is 0 Å². The van der Waals surface area contributed by atoms with E-state index in [2.05, 4.69) is 11.1 Å². The molecule has 4 rings (SSSR count). The third-order valence-corrected chi connectivity index (χ3v) is 7.43. The van der Waals surface area contributed by atoms with Gasteiger partial charge in [-0.25, -0.2) is 0 Å². The van der Waals surface area contributed by atoms with Crippen molar-refractivity contribution in [1.29, 1.82) is 0 Å². The number of ether oxygens (including phenoxy) is 3. The maximum absolute atomic E-state index is 13.9. The van der Waals surface area contributed by atoms with Crippen LogP contribution in [0.5, 0.6) is 11.5 Å². The number of hydrogen-bond donors (Lipinski definition) is 1. The molecule has 0 spiro atoms. The number of hydrogen-bond acceptors (Lipinski definition) is 5. The fraction of sp³-hybridized carbons (Fsp3) is 0.353. The van der Waals surface area contributed by atoms with Crippen LogP contribution in [-0.2, 0) is 33.7 Å². The number of nitrogens with zero attached hydrogens (tertiary/aromatic N) is 2. The number of nitrogens with one attached hydrogen (secondary N) is 1. The molecule has 0 fully saturated rings. The van der Waals surface area contributed by atoms with Gasteiger partial charge in [-0.3, -0.25) is 9.59 Å². The third-order valence-electron chi connectivity index (χ3n) is 7.43. The van der Waals surface area contributed by atoms with Gasteiger partial charge in [0.25, 0.3) is 0 Å². The summed E-state index contributed by atoms with van der Waals surface area (Å²) in [6.07, 6.45) is 4.31. The molecule has 0 atom stereocenters. The van der Waals surface area contributed by atoms with Crippen molar-refractivity contribution in [3.63, 3.8) is 0 Å². The fourth-order valence-corrected chi connectivity index (χ4v) is 5.09. The number of aromatic nitrogens is 1. The lowest BCUT2D eigenvalue weighted by molar-refractivity contribution is -0.141. The Bertz CT molecular complexity index is 1440. The smallest absolute Gasteiger partial charge is 0.242 e. The van der Waals surface area contributed by atoms with Gasteiger partial charge in [-0.05, 0) is 54.2 Å². The summed E-state index contributed by atoms with van der Waals surface area (Å²) in [6, 6.07) is 23.8. The second kappa shape index (κ2) is 15.6. The Morgan fingerprint density at radius 1 is 0.762 bits per heavy atom. The predicted octanol–water partition coefficient (Wildman–Crippen LogP) is 5.25. The van der Waals surface area contributed by atoms with Gasteiger partial charge in [0, 0.05) is 56.9 Å². The first kappa shape index (κ1) is 30.7. The Balaban J connectivity index is 1.52. The highest BCUT2D eigenvalue weighted by atomic mass is 16.5. The molecule has 0 saturated heterocycles. The van der Waals surface area contributed by atoms with Gasteiger partial charge in [0.2, 0.25) is 11.8 Å². The topological polar surface area (TPSA) is 84.1 Å². The summed E-state index contributed by atoms with van der Waals surface area (Å²) in [4.78, 5) is 34.1. The molecule has 1 aromatic heterocycles. The molecule has 8 nitrogen and oxygen atoms in total. The molecular weight excluding hydrogens is 530 g/mol. The molecule has 42 heavy (non-hydrogen) atoms. The molecule has 0 radical (unpaired) electrons. The Hall–Kier alpha value is -4.30. The zero-order valence-corrected chi connectivity index (χ0v) is 24.8. The molecule has 4 aromatic rings. The maximum atomic E-state index is 13.9. The van der Waals surface area contributed by atoms with E-state index in [9.17, 15) is 9.59 Å². The van der Waals surface area contributed by atoms with E-state index in [0.29, 0.717) is 63.4 Å². The second-order valence-electron chi connectivity index (χ2n) is 10.3. The Morgan fingerprint density at radius 2 is 1.52 bits per heavy atom. The first-order valence-electron chi connectivity index (χ1n) is 14.4. The number of H-pyrrole nitrogens is 1. The highest BCUT2D eigenvalue weighted by Gasteiger charge is 2.22. The van der Waals surface area contributed by atoms with E-state index >= 15 is 0 Å². The van der Waals surface area contributed by atoms with Crippen molar-refractivity contribution in [2.45, 2.75) is 32.2 Å². The Morgan fingerprint density at radius 3 is 2.29 bits per heavy atom. The second-order valence-corrected chi connectivity index (χ2v) is 10.3. The minimum atomic E-state index is -0.102. The van der Waals surface area contributed by atoms with Gasteiger partial charge in [-0.15, -0.1) is 0 Å². The summed E-state index contributed by atoms with van der Waals surface area (Å²) in [7, 11) is 4.84. The molecule has 3 aromatic carbocycles. The Labute approximate surface area is 248 Å². The molecule has 8 heteroatoms. The van der Waals surface area contributed by atoms with Crippen LogP contribution in [0.4, 0.5) is 0 Å². The highest BCUT2D eigenvalue weighted by Crippen LogP contribution is 2.28. The van der Waals surface area contributed by atoms with Crippen molar-refractivity contribution in [2.75, 3.05) is 47.6 Å². The molecule has 0 aliphatic rings. The normalized spacial score (nSPS) is 10.9. The van der Waals surface area contributed by atoms with Crippen LogP contribution in [-0.4, -0.2) is 74.2 Å². The third kappa shape index (κ3) is 8.36. The van der Waals surface area contributed by atoms with Crippen LogP contribution >= 0.6 is 0 Å². The SMILES string of the molecule is COCCCN(CC(=O)N(CCc1c[nH]c2ccccc12)Cc1ccc(OC)c(OC)c1)C(=O)CCc1ccccc1. The van der Waals surface area contributed by atoms with Crippen molar-refractivity contribution in [2.24, 2.45) is 0 Å². The van der Waals surface area contributed by atoms with E-state index in [1.165, 1.54) is 0 Å². The number of carbonyl (C=O) groups excluding carboxylic acids is 2. The van der Waals surface area contributed by atoms with E-state index in [1.54, 1.807) is 26.2 Å². The van der Waals surface area contributed by atoms with Gasteiger partial charge in [-0.1, -0.05) is 54.6 Å². The zero-order valence-electron chi connectivity index (χ0n) is 24.8. The standard InChI is InChI=1S/C34H41N3O5/c1-40-21-9-19-36(33(38)17-15-26-10-5-4-6-11-26)25-34(39)37(24-27-14-16-31(41-2)32(22-27)42-3)20-18-28-23-35-30-13-8-7-12-29(28)30/h4-8,10-14,16,22-23,35H,9,15,17-21,24-25H2,1-3H3. The molecule has 222 valence electrons. The van der Waals surface area contributed by atoms with Crippen LogP contribution in [0.3, 0.4) is 0 Å². The number of amides is 2. The predicted molar refractivity (Wildman–Crippen MR) is 165 cm³/mol. The summed E-state index contributed by atoms with van der Waals surface area (Å²) in [5, 5.41) is 1.15. The van der Waals surface area contributed by atoms with Gasteiger partial charge in [0.05, 0.1) is 20.8 Å². The van der Waals surface area contributed by atoms with Crippen molar-refractivity contribution in [3.05, 3.63) is 95.7 Å². The van der Waals surface area contributed by atoms with Gasteiger partial charge >= 0.3 is 0 Å². The lowest BCUT2D eigenvalue weighted by Gasteiger charge is -2.28. The lowest BCUT2D eigenvalue weighted by atomic mass is 10.1. The van der Waals surface area contributed by atoms with Crippen LogP contribution in [0.25, 0.3) is 10.9 Å². The fourth-order valence-electron chi connectivity index (χ4n) is 5.09. The molecule has 1 heterocycles. The summed E-state index contributed by atoms with van der Waals surface area (Å²) < 4.78 is 16.1. The molecule has 0 bridgehead atoms. The number of fused-ring (bicyclic) bond motifs is 1. The van der Waals surface area contributed by atoms with Gasteiger partial charge < -0.3 is 29.0 Å². The van der Waals surface area contributed by atoms with Crippen LogP contribution in [0.1, 0.15) is 29.5 Å². The number of para-hydroxylation sites is 1. The van der Waals surface area contributed by atoms with Crippen molar-refractivity contribution >= 4 is 22.7 Å². The first-order chi connectivity index (χ1) is 20.5. The van der Waals surface area contributed by atoms with Gasteiger partial charge in [0.15, 0.2) is 11.5 Å². The average molecular weight is 572 g/mol. The number of aryl methyl sites for hydroxylation is 1. The van der Waals surface area contributed by atoms with Crippen molar-refractivity contribution in [1.82, 2.24) is 14.8 Å². The minimum Gasteiger partial charge on any atom is -0.493 e. The average Bonchev–Trinajstić information content (AvgIpc) is 3.44. The summed E-state index contributed by atoms with van der Waals surface area (Å²) >= 11 is 0. The van der Waals surface area contributed by atoms with Crippen LogP contribution < -0.4 is 9.47 Å². The van der Waals surface area contributed by atoms with E-state index in [4.69, 9.17) is 14.2 Å². The maximum Gasteiger partial charge on any atom is 0.242 e. The summed E-state index contributed by atoms with van der Waals surface area (Å²) in [5.74, 6) is 1.10. The molecule has 1 N–H and O–H groups in total.